The zero-order valence-electron chi connectivity index (χ0n) is 41.8. The van der Waals surface area contributed by atoms with Gasteiger partial charge in [0.1, 0.15) is 36.5 Å². The van der Waals surface area contributed by atoms with Crippen LogP contribution in [0.1, 0.15) is 59.8 Å². The van der Waals surface area contributed by atoms with E-state index in [1.807, 2.05) is 91.5 Å². The van der Waals surface area contributed by atoms with Gasteiger partial charge < -0.3 is 39.8 Å². The fourth-order valence-electron chi connectivity index (χ4n) is 10.5. The Kier molecular flexibility index (Phi) is 14.9. The van der Waals surface area contributed by atoms with Gasteiger partial charge in [-0.3, -0.25) is 23.8 Å². The third-order valence-electron chi connectivity index (χ3n) is 14.2. The summed E-state index contributed by atoms with van der Waals surface area (Å²) in [6, 6.07) is 29.6. The molecule has 4 N–H and O–H groups in total. The molecule has 1 aliphatic carbocycles. The summed E-state index contributed by atoms with van der Waals surface area (Å²) in [4.78, 5) is 58.3. The van der Waals surface area contributed by atoms with Gasteiger partial charge in [0.25, 0.3) is 16.0 Å². The van der Waals surface area contributed by atoms with Gasteiger partial charge in [0.2, 0.25) is 11.8 Å². The molecule has 18 nitrogen and oxygen atoms in total. The van der Waals surface area contributed by atoms with Gasteiger partial charge in [-0.25, -0.2) is 9.48 Å². The molecule has 0 radical (unpaired) electrons. The maximum absolute atomic E-state index is 14.4. The number of nitrogens with zero attached hydrogens (tertiary/aromatic N) is 4. The smallest absolute Gasteiger partial charge is 0.407 e. The molecule has 4 heterocycles. The van der Waals surface area contributed by atoms with Gasteiger partial charge in [0.05, 0.1) is 43.8 Å². The molecule has 1 atom stereocenters. The minimum atomic E-state index is -4.69. The number of likely N-dealkylation sites (tertiary alicyclic amines) is 1. The number of hydrogen-bond donors (Lipinski definition) is 4. The number of halogens is 2. The first-order valence-corrected chi connectivity index (χ1v) is 27.1. The molecule has 3 aliphatic heterocycles. The highest BCUT2D eigenvalue weighted by molar-refractivity contribution is 7.85. The van der Waals surface area contributed by atoms with Gasteiger partial charge in [-0.05, 0) is 90.9 Å². The van der Waals surface area contributed by atoms with Crippen molar-refractivity contribution in [3.8, 4) is 50.7 Å². The first-order chi connectivity index (χ1) is 36.4. The molecule has 0 saturated carbocycles. The summed E-state index contributed by atoms with van der Waals surface area (Å²) in [5, 5.41) is 13.9. The highest BCUT2D eigenvalue weighted by Crippen LogP contribution is 2.48. The van der Waals surface area contributed by atoms with E-state index in [0.29, 0.717) is 107 Å². The average molecular weight is 1090 g/mol. The van der Waals surface area contributed by atoms with Gasteiger partial charge >= 0.3 is 6.09 Å². The van der Waals surface area contributed by atoms with Gasteiger partial charge in [0, 0.05) is 70.1 Å². The van der Waals surface area contributed by atoms with E-state index in [9.17, 15) is 32.1 Å². The number of amides is 4. The number of nitrogens with one attached hydrogen (secondary N) is 3. The lowest BCUT2D eigenvalue weighted by Crippen LogP contribution is -2.55. The number of aromatic nitrogens is 2. The van der Waals surface area contributed by atoms with Crippen molar-refractivity contribution in [1.29, 1.82) is 0 Å². The summed E-state index contributed by atoms with van der Waals surface area (Å²) < 4.78 is 58.9. The van der Waals surface area contributed by atoms with Crippen molar-refractivity contribution in [2.45, 2.75) is 56.8 Å². The molecule has 76 heavy (non-hydrogen) atoms. The summed E-state index contributed by atoms with van der Waals surface area (Å²) in [7, 11) is -3.14. The van der Waals surface area contributed by atoms with Crippen LogP contribution >= 0.6 is 23.2 Å². The largest absolute Gasteiger partial charge is 0.496 e. The summed E-state index contributed by atoms with van der Waals surface area (Å²) in [5.41, 5.74) is 7.95. The number of carbonyl (C=O) groups is 4. The third kappa shape index (κ3) is 11.1. The Hall–Kier alpha value is -7.00. The summed E-state index contributed by atoms with van der Waals surface area (Å²) in [6.45, 7) is 5.94. The van der Waals surface area contributed by atoms with Crippen molar-refractivity contribution in [3.63, 3.8) is 0 Å². The van der Waals surface area contributed by atoms with Gasteiger partial charge in [0.15, 0.2) is 5.69 Å². The van der Waals surface area contributed by atoms with E-state index in [0.717, 1.165) is 22.3 Å². The van der Waals surface area contributed by atoms with E-state index >= 15 is 0 Å². The Labute approximate surface area is 449 Å². The molecule has 5 aromatic carbocycles. The van der Waals surface area contributed by atoms with Crippen LogP contribution in [-0.4, -0.2) is 133 Å². The average Bonchev–Trinajstić information content (AvgIpc) is 3.97. The highest BCUT2D eigenvalue weighted by atomic mass is 35.5. The van der Waals surface area contributed by atoms with Crippen molar-refractivity contribution >= 4 is 62.8 Å². The topological polar surface area (TPSA) is 220 Å². The second-order valence-electron chi connectivity index (χ2n) is 19.8. The molecular weight excluding hydrogens is 1040 g/mol. The zero-order chi connectivity index (χ0) is 53.5. The van der Waals surface area contributed by atoms with Crippen molar-refractivity contribution in [3.05, 3.63) is 136 Å². The number of ether oxygens (including phenoxy) is 4. The van der Waals surface area contributed by atoms with Crippen LogP contribution in [0, 0.1) is 0 Å². The van der Waals surface area contributed by atoms with Crippen molar-refractivity contribution < 1.29 is 51.1 Å². The number of morpholine rings is 1. The van der Waals surface area contributed by atoms with Crippen LogP contribution < -0.4 is 25.4 Å². The van der Waals surface area contributed by atoms with E-state index in [1.165, 1.54) is 0 Å². The summed E-state index contributed by atoms with van der Waals surface area (Å²) >= 11 is 13.0. The first-order valence-electron chi connectivity index (χ1n) is 24.8. The predicted molar refractivity (Wildman–Crippen MR) is 286 cm³/mol. The van der Waals surface area contributed by atoms with E-state index in [1.54, 1.807) is 47.0 Å². The highest BCUT2D eigenvalue weighted by Gasteiger charge is 2.40. The maximum Gasteiger partial charge on any atom is 0.407 e. The fourth-order valence-corrected chi connectivity index (χ4v) is 11.7. The van der Waals surface area contributed by atoms with E-state index in [4.69, 9.17) is 47.2 Å². The Morgan fingerprint density at radius 2 is 1.57 bits per heavy atom. The number of piperidine rings is 1. The van der Waals surface area contributed by atoms with Gasteiger partial charge in [-0.1, -0.05) is 83.9 Å². The lowest BCUT2D eigenvalue weighted by atomic mass is 9.95. The van der Waals surface area contributed by atoms with Crippen LogP contribution in [0.5, 0.6) is 11.5 Å². The van der Waals surface area contributed by atoms with E-state index < -0.39 is 45.5 Å². The number of alkyl carbamates (subject to hydrolysis) is 1. The molecular formula is C55H55Cl2N7O11S. The van der Waals surface area contributed by atoms with Gasteiger partial charge in [-0.2, -0.15) is 13.5 Å². The Morgan fingerprint density at radius 1 is 0.868 bits per heavy atom. The number of carbonyl (C=O) groups excluding carboxylic acids is 4. The minimum absolute atomic E-state index is 0.0437. The number of methoxy groups -OCH3 is 1. The molecule has 0 unspecified atom stereocenters. The number of benzene rings is 5. The number of hydrogen-bond acceptors (Lipinski definition) is 12. The molecule has 4 amide bonds. The van der Waals surface area contributed by atoms with Gasteiger partial charge in [-0.15, -0.1) is 0 Å². The Bertz CT molecular complexity index is 3310. The molecule has 10 rings (SSSR count). The SMILES string of the molecule is COc1cc2c(cc1-c1cccc(NC(=O)CN3CCC(NC(=O)[C@H](CS(=O)(=O)O)NC(=O)OCC4c5ccccc5-c5ccccc54)CC3)c1)-c1c(c(C(=O)N3CCOCC3(C)C)nn1-c1cc(Cl)cc(Cl)c1)CO2. The molecule has 2 saturated heterocycles. The lowest BCUT2D eigenvalue weighted by Gasteiger charge is -2.41. The van der Waals surface area contributed by atoms with Crippen molar-refractivity contribution in [2.24, 2.45) is 0 Å². The summed E-state index contributed by atoms with van der Waals surface area (Å²) in [6.07, 6.45) is -0.162. The van der Waals surface area contributed by atoms with Crippen molar-refractivity contribution in [1.82, 2.24) is 30.2 Å². The zero-order valence-corrected chi connectivity index (χ0v) is 44.1. The van der Waals surface area contributed by atoms with Crippen LogP contribution in [0.3, 0.4) is 0 Å². The second kappa shape index (κ2) is 21.6. The quantitative estimate of drug-likeness (QED) is 0.0762. The van der Waals surface area contributed by atoms with Crippen LogP contribution in [0.25, 0.3) is 39.2 Å². The number of anilines is 1. The molecule has 1 aromatic heterocycles. The van der Waals surface area contributed by atoms with E-state index in [2.05, 4.69) is 16.0 Å². The van der Waals surface area contributed by atoms with Crippen LogP contribution in [0.15, 0.2) is 103 Å². The van der Waals surface area contributed by atoms with Crippen LogP contribution in [0.4, 0.5) is 10.5 Å². The fraction of sp³-hybridized carbons (Fsp3) is 0.327. The Morgan fingerprint density at radius 3 is 2.24 bits per heavy atom. The first kappa shape index (κ1) is 52.4. The molecule has 0 bridgehead atoms. The molecule has 2 fully saturated rings. The Balaban J connectivity index is 0.791. The maximum atomic E-state index is 14.4. The minimum Gasteiger partial charge on any atom is -0.496 e. The van der Waals surface area contributed by atoms with Crippen molar-refractivity contribution in [2.75, 3.05) is 64.2 Å². The standard InChI is InChI=1S/C55H55Cl2N7O11S/c1-55(2)31-73-20-19-63(55)53(67)50-45-29-74-48-26-47(72-3)42(25-43(48)51(45)64(61-50)37-23-33(56)22-34(57)24-37)32-9-8-10-36(21-32)58-49(65)27-62-17-15-35(16-18-62)59-52(66)46(30-76(69,70)71)60-54(68)75-28-44-40-13-6-4-11-38(40)39-12-5-7-14-41(39)44/h4-14,21-26,35,44,46H,15-20,27-31H2,1-3H3,(H,58,65)(H,59,66)(H,60,68)(H,69,70,71)/t46-/m0/s1. The van der Waals surface area contributed by atoms with Crippen LogP contribution in [-0.2, 0) is 35.8 Å². The molecule has 21 heteroatoms. The normalized spacial score (nSPS) is 16.5. The molecule has 0 spiro atoms. The third-order valence-corrected chi connectivity index (χ3v) is 15.4. The lowest BCUT2D eigenvalue weighted by molar-refractivity contribution is -0.124. The van der Waals surface area contributed by atoms with Crippen LogP contribution in [0.2, 0.25) is 10.0 Å². The van der Waals surface area contributed by atoms with E-state index in [-0.39, 0.29) is 43.2 Å². The second-order valence-corrected chi connectivity index (χ2v) is 22.2. The molecule has 396 valence electrons. The molecule has 4 aliphatic rings. The predicted octanol–water partition coefficient (Wildman–Crippen LogP) is 7.98. The molecule has 6 aromatic rings. The summed E-state index contributed by atoms with van der Waals surface area (Å²) in [5.74, 6) is -1.65. The number of fused-ring (bicyclic) bond motifs is 6. The monoisotopic (exact) mass is 1090 g/mol. The number of rotatable bonds is 14.